The van der Waals surface area contributed by atoms with Crippen molar-refractivity contribution in [3.05, 3.63) is 103 Å². The number of aromatic amines is 1. The van der Waals surface area contributed by atoms with E-state index in [9.17, 15) is 24.3 Å². The predicted molar refractivity (Wildman–Crippen MR) is 121 cm³/mol. The van der Waals surface area contributed by atoms with Crippen LogP contribution in [0.15, 0.2) is 75.4 Å². The van der Waals surface area contributed by atoms with Crippen LogP contribution >= 0.6 is 11.6 Å². The van der Waals surface area contributed by atoms with Gasteiger partial charge in [0.2, 0.25) is 5.88 Å². The van der Waals surface area contributed by atoms with Gasteiger partial charge in [0.1, 0.15) is 5.56 Å². The van der Waals surface area contributed by atoms with Crippen LogP contribution in [-0.4, -0.2) is 37.7 Å². The SMILES string of the molecule is O=C1c2cccc3cccc(c23)C(=O)N1/N=C/c1c(O)n(-c2cccc(Cl)c2)c(=O)[nH]c1=O. The van der Waals surface area contributed by atoms with Crippen molar-refractivity contribution in [1.82, 2.24) is 14.6 Å². The first kappa shape index (κ1) is 20.4. The maximum atomic E-state index is 13.0. The Hall–Kier alpha value is -4.50. The van der Waals surface area contributed by atoms with E-state index in [1.165, 1.54) is 12.1 Å². The van der Waals surface area contributed by atoms with E-state index in [-0.39, 0.29) is 16.8 Å². The van der Waals surface area contributed by atoms with Crippen LogP contribution in [0.1, 0.15) is 26.3 Å². The molecular formula is C23H13ClN4O5. The van der Waals surface area contributed by atoms with Gasteiger partial charge >= 0.3 is 5.69 Å². The van der Waals surface area contributed by atoms with Crippen molar-refractivity contribution >= 4 is 40.4 Å². The number of carbonyl (C=O) groups is 2. The van der Waals surface area contributed by atoms with Gasteiger partial charge in [0.15, 0.2) is 0 Å². The van der Waals surface area contributed by atoms with Gasteiger partial charge < -0.3 is 5.11 Å². The molecule has 0 fully saturated rings. The zero-order valence-electron chi connectivity index (χ0n) is 16.7. The molecule has 1 aliphatic rings. The Balaban J connectivity index is 1.61. The number of H-pyrrole nitrogens is 1. The van der Waals surface area contributed by atoms with Crippen molar-refractivity contribution in [3.63, 3.8) is 0 Å². The number of hydrogen-bond acceptors (Lipinski definition) is 6. The lowest BCUT2D eigenvalue weighted by Gasteiger charge is -2.23. The molecule has 0 saturated heterocycles. The Labute approximate surface area is 189 Å². The largest absolute Gasteiger partial charge is 0.493 e. The molecule has 3 aromatic carbocycles. The second kappa shape index (κ2) is 7.57. The van der Waals surface area contributed by atoms with Gasteiger partial charge in [-0.15, -0.1) is 0 Å². The molecule has 2 N–H and O–H groups in total. The van der Waals surface area contributed by atoms with Crippen molar-refractivity contribution in [2.45, 2.75) is 0 Å². The molecule has 0 spiro atoms. The molecule has 33 heavy (non-hydrogen) atoms. The average molecular weight is 461 g/mol. The van der Waals surface area contributed by atoms with Crippen LogP contribution in [-0.2, 0) is 0 Å². The van der Waals surface area contributed by atoms with Crippen molar-refractivity contribution < 1.29 is 14.7 Å². The minimum absolute atomic E-state index is 0.196. The summed E-state index contributed by atoms with van der Waals surface area (Å²) < 4.78 is 0.824. The fraction of sp³-hybridized carbons (Fsp3) is 0. The molecule has 0 bridgehead atoms. The van der Waals surface area contributed by atoms with Gasteiger partial charge in [0, 0.05) is 10.4 Å². The lowest BCUT2D eigenvalue weighted by Crippen LogP contribution is -2.37. The predicted octanol–water partition coefficient (Wildman–Crippen LogP) is 2.67. The molecule has 4 aromatic rings. The summed E-state index contributed by atoms with van der Waals surface area (Å²) in [5.41, 5.74) is -1.51. The molecule has 2 amide bonds. The van der Waals surface area contributed by atoms with Crippen LogP contribution in [0, 0.1) is 0 Å². The van der Waals surface area contributed by atoms with Gasteiger partial charge in [-0.2, -0.15) is 10.1 Å². The summed E-state index contributed by atoms with van der Waals surface area (Å²) in [7, 11) is 0. The highest BCUT2D eigenvalue weighted by Crippen LogP contribution is 2.30. The molecule has 1 aliphatic heterocycles. The summed E-state index contributed by atoms with van der Waals surface area (Å²) in [6.07, 6.45) is 0.860. The number of hydrazone groups is 1. The molecular weight excluding hydrogens is 448 g/mol. The molecule has 0 aliphatic carbocycles. The van der Waals surface area contributed by atoms with Gasteiger partial charge in [-0.25, -0.2) is 9.36 Å². The monoisotopic (exact) mass is 460 g/mol. The van der Waals surface area contributed by atoms with E-state index in [4.69, 9.17) is 11.6 Å². The minimum atomic E-state index is -0.945. The number of aromatic nitrogens is 2. The smallest absolute Gasteiger partial charge is 0.335 e. The van der Waals surface area contributed by atoms with Gasteiger partial charge in [-0.05, 0) is 35.7 Å². The van der Waals surface area contributed by atoms with Crippen LogP contribution in [0.3, 0.4) is 0 Å². The summed E-state index contributed by atoms with van der Waals surface area (Å²) >= 11 is 5.96. The topological polar surface area (TPSA) is 125 Å². The number of halogens is 1. The molecule has 0 radical (unpaired) electrons. The molecule has 0 unspecified atom stereocenters. The molecule has 2 heterocycles. The lowest BCUT2D eigenvalue weighted by molar-refractivity contribution is 0.0616. The normalized spacial score (nSPS) is 13.3. The third kappa shape index (κ3) is 3.22. The zero-order valence-corrected chi connectivity index (χ0v) is 17.4. The van der Waals surface area contributed by atoms with E-state index >= 15 is 0 Å². The Kier molecular flexibility index (Phi) is 4.68. The van der Waals surface area contributed by atoms with Gasteiger partial charge in [-0.1, -0.05) is 41.9 Å². The number of rotatable bonds is 3. The number of aromatic hydroxyl groups is 1. The molecule has 10 heteroatoms. The second-order valence-electron chi connectivity index (χ2n) is 7.19. The van der Waals surface area contributed by atoms with Crippen molar-refractivity contribution in [2.24, 2.45) is 5.10 Å². The first-order valence-electron chi connectivity index (χ1n) is 9.65. The molecule has 162 valence electrons. The molecule has 5 rings (SSSR count). The minimum Gasteiger partial charge on any atom is -0.493 e. The summed E-state index contributed by atoms with van der Waals surface area (Å²) in [5, 5.41) is 16.7. The number of carbonyl (C=O) groups excluding carboxylic acids is 2. The van der Waals surface area contributed by atoms with E-state index in [0.29, 0.717) is 15.4 Å². The van der Waals surface area contributed by atoms with Crippen LogP contribution in [0.2, 0.25) is 5.02 Å². The Morgan fingerprint density at radius 3 is 2.18 bits per heavy atom. The number of hydrogen-bond donors (Lipinski definition) is 2. The maximum absolute atomic E-state index is 13.0. The third-order valence-electron chi connectivity index (χ3n) is 5.24. The van der Waals surface area contributed by atoms with Crippen LogP contribution < -0.4 is 11.2 Å². The standard InChI is InChI=1S/C23H13ClN4O5/c24-13-6-3-7-14(10-13)27-20(30)17(19(29)26-23(27)33)11-25-28-21(31)15-8-1-4-12-5-2-9-16(18(12)15)22(28)32/h1-11,30H,(H,26,29,33)/b25-11+. The summed E-state index contributed by atoms with van der Waals surface area (Å²) in [5.74, 6) is -2.09. The van der Waals surface area contributed by atoms with Crippen molar-refractivity contribution in [3.8, 4) is 11.6 Å². The first-order chi connectivity index (χ1) is 15.9. The number of amides is 2. The van der Waals surface area contributed by atoms with Gasteiger partial charge in [0.05, 0.1) is 23.0 Å². The lowest BCUT2D eigenvalue weighted by atomic mass is 9.95. The highest BCUT2D eigenvalue weighted by atomic mass is 35.5. The highest BCUT2D eigenvalue weighted by molar-refractivity contribution is 6.30. The second-order valence-corrected chi connectivity index (χ2v) is 7.62. The molecule has 1 aromatic heterocycles. The summed E-state index contributed by atoms with van der Waals surface area (Å²) in [6.45, 7) is 0. The number of nitrogens with zero attached hydrogens (tertiary/aromatic N) is 3. The van der Waals surface area contributed by atoms with E-state index < -0.39 is 34.5 Å². The molecule has 9 nitrogen and oxygen atoms in total. The summed E-state index contributed by atoms with van der Waals surface area (Å²) in [6, 6.07) is 16.2. The Morgan fingerprint density at radius 2 is 1.55 bits per heavy atom. The van der Waals surface area contributed by atoms with E-state index in [1.807, 2.05) is 0 Å². The highest BCUT2D eigenvalue weighted by Gasteiger charge is 2.32. The fourth-order valence-corrected chi connectivity index (χ4v) is 3.93. The van der Waals surface area contributed by atoms with E-state index in [1.54, 1.807) is 48.5 Å². The molecule has 0 atom stereocenters. The summed E-state index contributed by atoms with van der Waals surface area (Å²) in [4.78, 5) is 52.7. The van der Waals surface area contributed by atoms with Crippen LogP contribution in [0.5, 0.6) is 5.88 Å². The van der Waals surface area contributed by atoms with Gasteiger partial charge in [0.25, 0.3) is 17.4 Å². The first-order valence-corrected chi connectivity index (χ1v) is 10.0. The average Bonchev–Trinajstić information content (AvgIpc) is 2.79. The molecule has 0 saturated carbocycles. The van der Waals surface area contributed by atoms with Crippen LogP contribution in [0.25, 0.3) is 16.5 Å². The quantitative estimate of drug-likeness (QED) is 0.359. The van der Waals surface area contributed by atoms with Crippen molar-refractivity contribution in [2.75, 3.05) is 0 Å². The zero-order chi connectivity index (χ0) is 23.3. The van der Waals surface area contributed by atoms with E-state index in [2.05, 4.69) is 10.1 Å². The Morgan fingerprint density at radius 1 is 0.909 bits per heavy atom. The maximum Gasteiger partial charge on any atom is 0.335 e. The third-order valence-corrected chi connectivity index (χ3v) is 5.47. The van der Waals surface area contributed by atoms with Crippen LogP contribution in [0.4, 0.5) is 0 Å². The van der Waals surface area contributed by atoms with Crippen molar-refractivity contribution in [1.29, 1.82) is 0 Å². The van der Waals surface area contributed by atoms with E-state index in [0.717, 1.165) is 16.2 Å². The number of imide groups is 1. The Bertz CT molecular complexity index is 1590. The van der Waals surface area contributed by atoms with Gasteiger partial charge in [-0.3, -0.25) is 19.4 Å². The number of benzene rings is 3. The number of nitrogens with one attached hydrogen (secondary N) is 1. The fourth-order valence-electron chi connectivity index (χ4n) is 3.75.